The van der Waals surface area contributed by atoms with Gasteiger partial charge in [0.05, 0.1) is 0 Å². The first-order valence-corrected chi connectivity index (χ1v) is 4.37. The van der Waals surface area contributed by atoms with Gasteiger partial charge < -0.3 is 4.42 Å². The Labute approximate surface area is 77.6 Å². The minimum Gasteiger partial charge on any atom is -0.443 e. The molecule has 0 bridgehead atoms. The molecule has 0 saturated carbocycles. The van der Waals surface area contributed by atoms with Crippen LogP contribution in [0.5, 0.6) is 0 Å². The van der Waals surface area contributed by atoms with Crippen molar-refractivity contribution < 1.29 is 4.42 Å². The zero-order valence-electron chi connectivity index (χ0n) is 7.87. The van der Waals surface area contributed by atoms with Gasteiger partial charge in [0, 0.05) is 0 Å². The van der Waals surface area contributed by atoms with Gasteiger partial charge in [-0.05, 0) is 30.0 Å². The van der Waals surface area contributed by atoms with E-state index < -0.39 is 0 Å². The number of nitrogens with zero attached hydrogens (tertiary/aromatic N) is 1. The van der Waals surface area contributed by atoms with Crippen LogP contribution in [-0.2, 0) is 6.42 Å². The summed E-state index contributed by atoms with van der Waals surface area (Å²) in [7, 11) is 0. The first kappa shape index (κ1) is 8.30. The predicted molar refractivity (Wildman–Crippen MR) is 52.3 cm³/mol. The van der Waals surface area contributed by atoms with Crippen molar-refractivity contribution in [2.75, 3.05) is 0 Å². The van der Waals surface area contributed by atoms with Gasteiger partial charge in [-0.15, -0.1) is 0 Å². The minimum atomic E-state index is 0.859. The first-order valence-electron chi connectivity index (χ1n) is 4.37. The highest BCUT2D eigenvalue weighted by molar-refractivity contribution is 5.72. The third-order valence-corrected chi connectivity index (χ3v) is 1.95. The van der Waals surface area contributed by atoms with Crippen molar-refractivity contribution in [3.05, 3.63) is 36.1 Å². The molecule has 2 nitrogen and oxygen atoms in total. The fourth-order valence-electron chi connectivity index (χ4n) is 1.42. The lowest BCUT2D eigenvalue weighted by atomic mass is 10.0. The highest BCUT2D eigenvalue weighted by atomic mass is 16.3. The number of oxazole rings is 1. The van der Waals surface area contributed by atoms with Gasteiger partial charge in [0.2, 0.25) is 0 Å². The molecule has 0 aliphatic carbocycles. The summed E-state index contributed by atoms with van der Waals surface area (Å²) in [4.78, 5) is 4.11. The van der Waals surface area contributed by atoms with Crippen LogP contribution in [0.25, 0.3) is 11.1 Å². The van der Waals surface area contributed by atoms with E-state index in [1.165, 1.54) is 17.9 Å². The van der Waals surface area contributed by atoms with Crippen LogP contribution in [0.3, 0.4) is 0 Å². The van der Waals surface area contributed by atoms with Crippen LogP contribution in [0, 0.1) is 5.92 Å². The van der Waals surface area contributed by atoms with E-state index >= 15 is 0 Å². The molecule has 0 aliphatic heterocycles. The van der Waals surface area contributed by atoms with Gasteiger partial charge >= 0.3 is 0 Å². The summed E-state index contributed by atoms with van der Waals surface area (Å²) in [6.45, 7) is 4.26. The molecule has 0 spiro atoms. The highest BCUT2D eigenvalue weighted by Gasteiger charge is 2.01. The second-order valence-electron chi connectivity index (χ2n) is 3.54. The zero-order valence-corrected chi connectivity index (χ0v) is 7.87. The molecule has 0 N–H and O–H groups in total. The number of hydrogen-bond acceptors (Lipinski definition) is 2. The van der Waals surface area contributed by atoms with Gasteiger partial charge in [0.25, 0.3) is 0 Å². The summed E-state index contributed by atoms with van der Waals surface area (Å²) in [6.07, 6.45) is 2.50. The zero-order chi connectivity index (χ0) is 9.26. The molecule has 2 heteroatoms. The Bertz CT molecular complexity index is 403. The van der Waals surface area contributed by atoms with E-state index in [0.29, 0.717) is 0 Å². The van der Waals surface area contributed by atoms with Crippen molar-refractivity contribution in [2.24, 2.45) is 0 Å². The third-order valence-electron chi connectivity index (χ3n) is 1.95. The van der Waals surface area contributed by atoms with Gasteiger partial charge in [-0.25, -0.2) is 4.98 Å². The van der Waals surface area contributed by atoms with E-state index in [9.17, 15) is 0 Å². The number of benzene rings is 1. The maximum atomic E-state index is 5.16. The lowest BCUT2D eigenvalue weighted by molar-refractivity contribution is 0.602. The summed E-state index contributed by atoms with van der Waals surface area (Å²) in [5.74, 6) is 1.41. The molecule has 0 fully saturated rings. The molecule has 0 amide bonds. The van der Waals surface area contributed by atoms with Crippen LogP contribution in [0.1, 0.15) is 19.4 Å². The van der Waals surface area contributed by atoms with Crippen LogP contribution < -0.4 is 0 Å². The van der Waals surface area contributed by atoms with Gasteiger partial charge in [-0.3, -0.25) is 0 Å². The molecule has 67 valence electrons. The predicted octanol–water partition coefficient (Wildman–Crippen LogP) is 2.98. The monoisotopic (exact) mass is 174 g/mol. The molecule has 1 heterocycles. The van der Waals surface area contributed by atoms with Crippen LogP contribution in [-0.4, -0.2) is 4.98 Å². The number of aromatic nitrogens is 1. The second-order valence-corrected chi connectivity index (χ2v) is 3.54. The largest absolute Gasteiger partial charge is 0.443 e. The van der Waals surface area contributed by atoms with Gasteiger partial charge in [-0.2, -0.15) is 0 Å². The fourth-order valence-corrected chi connectivity index (χ4v) is 1.42. The summed E-state index contributed by atoms with van der Waals surface area (Å²) < 4.78 is 5.16. The van der Waals surface area contributed by atoms with Crippen molar-refractivity contribution in [1.82, 2.24) is 4.98 Å². The molecule has 1 aromatic carbocycles. The van der Waals surface area contributed by atoms with Crippen LogP contribution in [0.4, 0.5) is 0 Å². The Morgan fingerprint density at radius 1 is 1.38 bits per heavy atom. The molecule has 0 unspecified atom stereocenters. The van der Waals surface area contributed by atoms with Crippen LogP contribution in [0.2, 0.25) is 0 Å². The molecule has 1 aromatic heterocycles. The summed E-state index contributed by atoms with van der Waals surface area (Å²) in [5, 5.41) is 0. The topological polar surface area (TPSA) is 26.0 Å². The Hall–Kier alpha value is -1.31. The lowest BCUT2D eigenvalue weighted by Gasteiger charge is -2.02. The fraction of sp³-hybridized carbons (Fsp3) is 0.273. The van der Waals surface area contributed by atoms with Crippen molar-refractivity contribution in [3.8, 4) is 0 Å². The van der Waals surface area contributed by atoms with Crippen molar-refractivity contribution >= 4 is 11.1 Å². The third kappa shape index (κ3) is 1.72. The van der Waals surface area contributed by atoms with E-state index in [4.69, 9.17) is 4.42 Å². The second kappa shape index (κ2) is 3.21. The summed E-state index contributed by atoms with van der Waals surface area (Å²) >= 11 is 0. The first-order chi connectivity index (χ1) is 6.25. The molecule has 13 heavy (non-hydrogen) atoms. The van der Waals surface area contributed by atoms with Crippen molar-refractivity contribution in [1.29, 1.82) is 0 Å². The van der Waals surface area contributed by atoms with Crippen LogP contribution >= 0.6 is 0 Å². The molecule has 0 saturated heterocycles. The number of hydrogen-bond donors (Lipinski definition) is 0. The smallest absolute Gasteiger partial charge is 0.181 e. The molecule has 2 aromatic rings. The molecular weight excluding hydrogens is 162 g/mol. The van der Waals surface area contributed by atoms with E-state index in [1.807, 2.05) is 6.07 Å². The molecule has 0 atom stereocenters. The lowest BCUT2D eigenvalue weighted by Crippen LogP contribution is -1.90. The molecular formula is C11H12NO. The van der Waals surface area contributed by atoms with Crippen molar-refractivity contribution in [3.63, 3.8) is 0 Å². The maximum absolute atomic E-state index is 5.16. The average Bonchev–Trinajstić information content (AvgIpc) is 2.49. The number of rotatable bonds is 2. The Kier molecular flexibility index (Phi) is 2.05. The molecule has 0 aliphatic rings. The Morgan fingerprint density at radius 2 is 2.23 bits per heavy atom. The Morgan fingerprint density at radius 3 is 3.00 bits per heavy atom. The highest BCUT2D eigenvalue weighted by Crippen LogP contribution is 2.16. The van der Waals surface area contributed by atoms with Crippen LogP contribution in [0.15, 0.2) is 29.0 Å². The quantitative estimate of drug-likeness (QED) is 0.699. The Balaban J connectivity index is 2.37. The molecule has 1 radical (unpaired) electrons. The van der Waals surface area contributed by atoms with Gasteiger partial charge in [0.1, 0.15) is 5.52 Å². The van der Waals surface area contributed by atoms with Gasteiger partial charge in [-0.1, -0.05) is 19.9 Å². The normalized spacial score (nSPS) is 11.3. The van der Waals surface area contributed by atoms with E-state index in [1.54, 1.807) is 0 Å². The average molecular weight is 174 g/mol. The van der Waals surface area contributed by atoms with E-state index in [2.05, 4.69) is 31.0 Å². The number of fused-ring (bicyclic) bond motifs is 1. The summed E-state index contributed by atoms with van der Waals surface area (Å²) in [6, 6.07) is 6.13. The minimum absolute atomic E-state index is 0.859. The summed E-state index contributed by atoms with van der Waals surface area (Å²) in [5.41, 5.74) is 3.10. The van der Waals surface area contributed by atoms with E-state index in [-0.39, 0.29) is 0 Å². The maximum Gasteiger partial charge on any atom is 0.181 e. The van der Waals surface area contributed by atoms with E-state index in [0.717, 1.165) is 17.5 Å². The SMILES string of the molecule is C[C](C)Cc1ccc2ocnc2c1. The molecule has 2 rings (SSSR count). The standard InChI is InChI=1S/C11H12NO/c1-8(2)5-9-3-4-11-10(6-9)12-7-13-11/h3-4,6-7H,5H2,1-2H3. The van der Waals surface area contributed by atoms with Crippen molar-refractivity contribution in [2.45, 2.75) is 20.3 Å². The van der Waals surface area contributed by atoms with Gasteiger partial charge in [0.15, 0.2) is 12.0 Å².